The molecule has 2 aromatic carbocycles. The second-order valence-corrected chi connectivity index (χ2v) is 7.49. The predicted octanol–water partition coefficient (Wildman–Crippen LogP) is 4.19. The summed E-state index contributed by atoms with van der Waals surface area (Å²) in [6.45, 7) is 2.11. The summed E-state index contributed by atoms with van der Waals surface area (Å²) in [6, 6.07) is 14.7. The molecule has 1 saturated heterocycles. The zero-order valence-corrected chi connectivity index (χ0v) is 18.3. The number of urea groups is 1. The van der Waals surface area contributed by atoms with Crippen LogP contribution >= 0.6 is 0 Å². The number of aryl methyl sites for hydroxylation is 1. The topological polar surface area (TPSA) is 124 Å². The average molecular weight is 460 g/mol. The Labute approximate surface area is 194 Å². The van der Waals surface area contributed by atoms with Crippen LogP contribution in [0.5, 0.6) is 17.4 Å². The molecule has 1 aliphatic heterocycles. The highest BCUT2D eigenvalue weighted by atomic mass is 16.6. The van der Waals surface area contributed by atoms with Gasteiger partial charge in [0, 0.05) is 12.1 Å². The number of aromatic nitrogens is 1. The van der Waals surface area contributed by atoms with Crippen LogP contribution in [0, 0.1) is 17.0 Å². The molecule has 34 heavy (non-hydrogen) atoms. The molecule has 0 aliphatic carbocycles. The Bertz CT molecular complexity index is 1300. The van der Waals surface area contributed by atoms with Crippen LogP contribution in [0.15, 0.2) is 66.5 Å². The van der Waals surface area contributed by atoms with E-state index < -0.39 is 16.9 Å². The zero-order valence-electron chi connectivity index (χ0n) is 18.3. The number of hydrogen-bond acceptors (Lipinski definition) is 7. The molecule has 10 nitrogen and oxygen atoms in total. The largest absolute Gasteiger partial charge is 0.493 e. The first-order valence-corrected chi connectivity index (χ1v) is 10.2. The van der Waals surface area contributed by atoms with E-state index in [1.165, 1.54) is 19.2 Å². The first kappa shape index (κ1) is 22.5. The first-order valence-electron chi connectivity index (χ1n) is 10.2. The summed E-state index contributed by atoms with van der Waals surface area (Å²) in [5.41, 5.74) is 2.49. The highest BCUT2D eigenvalue weighted by molar-refractivity contribution is 6.13. The number of nitrogens with one attached hydrogen (secondary N) is 1. The smallest absolute Gasteiger partial charge is 0.329 e. The Kier molecular flexibility index (Phi) is 6.22. The average Bonchev–Trinajstić information content (AvgIpc) is 3.07. The van der Waals surface area contributed by atoms with Crippen molar-refractivity contribution < 1.29 is 24.0 Å². The van der Waals surface area contributed by atoms with Crippen LogP contribution in [-0.4, -0.2) is 33.9 Å². The maximum atomic E-state index is 12.8. The zero-order chi connectivity index (χ0) is 24.2. The van der Waals surface area contributed by atoms with Gasteiger partial charge in [-0.25, -0.2) is 9.78 Å². The molecule has 2 heterocycles. The summed E-state index contributed by atoms with van der Waals surface area (Å²) < 4.78 is 11.0. The minimum absolute atomic E-state index is 0.144. The van der Waals surface area contributed by atoms with Crippen LogP contribution < -0.4 is 14.8 Å². The van der Waals surface area contributed by atoms with Gasteiger partial charge in [-0.15, -0.1) is 0 Å². The summed E-state index contributed by atoms with van der Waals surface area (Å²) in [6.07, 6.45) is 2.64. The lowest BCUT2D eigenvalue weighted by Crippen LogP contribution is -2.30. The second-order valence-electron chi connectivity index (χ2n) is 7.49. The van der Waals surface area contributed by atoms with Gasteiger partial charge in [-0.2, -0.15) is 0 Å². The number of nitrogens with zero attached hydrogens (tertiary/aromatic N) is 3. The first-order chi connectivity index (χ1) is 16.3. The van der Waals surface area contributed by atoms with E-state index in [2.05, 4.69) is 10.3 Å². The summed E-state index contributed by atoms with van der Waals surface area (Å²) in [4.78, 5) is 40.5. The second kappa shape index (κ2) is 9.41. The Morgan fingerprint density at radius 2 is 1.94 bits per heavy atom. The van der Waals surface area contributed by atoms with Gasteiger partial charge >= 0.3 is 6.03 Å². The maximum absolute atomic E-state index is 12.8. The lowest BCUT2D eigenvalue weighted by molar-refractivity contribution is -0.385. The number of carbonyl (C=O) groups excluding carboxylic acids is 2. The number of ether oxygens (including phenoxy) is 2. The predicted molar refractivity (Wildman–Crippen MR) is 122 cm³/mol. The Balaban J connectivity index is 1.52. The van der Waals surface area contributed by atoms with Gasteiger partial charge in [0.1, 0.15) is 11.9 Å². The van der Waals surface area contributed by atoms with Gasteiger partial charge in [0.2, 0.25) is 5.88 Å². The van der Waals surface area contributed by atoms with Gasteiger partial charge in [-0.05, 0) is 36.3 Å². The molecule has 1 N–H and O–H groups in total. The molecular formula is C24H20N4O6. The molecule has 0 unspecified atom stereocenters. The van der Waals surface area contributed by atoms with Crippen LogP contribution in [0.3, 0.4) is 0 Å². The SMILES string of the molecule is COc1cc(/C=C2/NC(=O)N(Cc3cccc(C)c3)C2=O)ccc1Oc1ccc([N+](=O)[O-])cn1. The van der Waals surface area contributed by atoms with E-state index in [4.69, 9.17) is 9.47 Å². The fourth-order valence-electron chi connectivity index (χ4n) is 3.39. The number of hydrogen-bond donors (Lipinski definition) is 1. The molecule has 3 amide bonds. The van der Waals surface area contributed by atoms with Crippen LogP contribution in [0.4, 0.5) is 10.5 Å². The number of methoxy groups -OCH3 is 1. The van der Waals surface area contributed by atoms with Gasteiger partial charge in [0.05, 0.1) is 18.6 Å². The van der Waals surface area contributed by atoms with Crippen molar-refractivity contribution in [3.63, 3.8) is 0 Å². The van der Waals surface area contributed by atoms with E-state index in [1.807, 2.05) is 31.2 Å². The number of carbonyl (C=O) groups is 2. The highest BCUT2D eigenvalue weighted by Crippen LogP contribution is 2.33. The standard InChI is InChI=1S/C24H20N4O6/c1-15-4-3-5-17(10-15)14-27-23(29)19(26-24(27)30)11-16-6-8-20(21(12-16)33-2)34-22-9-7-18(13-25-22)28(31)32/h3-13H,14H2,1-2H3,(H,26,30)/b19-11+. The molecule has 3 aromatic rings. The lowest BCUT2D eigenvalue weighted by Gasteiger charge is -2.12. The van der Waals surface area contributed by atoms with Crippen LogP contribution in [-0.2, 0) is 11.3 Å². The van der Waals surface area contributed by atoms with Crippen molar-refractivity contribution in [3.8, 4) is 17.4 Å². The minimum Gasteiger partial charge on any atom is -0.493 e. The quantitative estimate of drug-likeness (QED) is 0.243. The van der Waals surface area contributed by atoms with E-state index in [0.717, 1.165) is 22.2 Å². The summed E-state index contributed by atoms with van der Waals surface area (Å²) in [7, 11) is 1.45. The summed E-state index contributed by atoms with van der Waals surface area (Å²) in [5.74, 6) is 0.401. The minimum atomic E-state index is -0.551. The molecule has 1 fully saturated rings. The van der Waals surface area contributed by atoms with E-state index >= 15 is 0 Å². The van der Waals surface area contributed by atoms with Crippen molar-refractivity contribution in [2.45, 2.75) is 13.5 Å². The maximum Gasteiger partial charge on any atom is 0.329 e. The Hall–Kier alpha value is -4.73. The number of rotatable bonds is 7. The molecule has 172 valence electrons. The fourth-order valence-corrected chi connectivity index (χ4v) is 3.39. The van der Waals surface area contributed by atoms with Crippen molar-refractivity contribution >= 4 is 23.7 Å². The number of amides is 3. The lowest BCUT2D eigenvalue weighted by atomic mass is 10.1. The van der Waals surface area contributed by atoms with Gasteiger partial charge in [0.25, 0.3) is 11.6 Å². The molecule has 4 rings (SSSR count). The molecule has 0 atom stereocenters. The van der Waals surface area contributed by atoms with E-state index in [1.54, 1.807) is 24.3 Å². The normalized spacial score (nSPS) is 14.3. The molecule has 0 radical (unpaired) electrons. The van der Waals surface area contributed by atoms with Crippen molar-refractivity contribution in [1.29, 1.82) is 0 Å². The molecular weight excluding hydrogens is 440 g/mol. The monoisotopic (exact) mass is 460 g/mol. The highest BCUT2D eigenvalue weighted by Gasteiger charge is 2.33. The number of benzene rings is 2. The van der Waals surface area contributed by atoms with Gasteiger partial charge < -0.3 is 14.8 Å². The summed E-state index contributed by atoms with van der Waals surface area (Å²) >= 11 is 0. The molecule has 0 spiro atoms. The van der Waals surface area contributed by atoms with Crippen LogP contribution in [0.25, 0.3) is 6.08 Å². The molecule has 1 aliphatic rings. The van der Waals surface area contributed by atoms with Crippen molar-refractivity contribution in [2.24, 2.45) is 0 Å². The number of nitro groups is 1. The van der Waals surface area contributed by atoms with E-state index in [-0.39, 0.29) is 23.8 Å². The van der Waals surface area contributed by atoms with Gasteiger partial charge in [0.15, 0.2) is 11.5 Å². The van der Waals surface area contributed by atoms with Crippen molar-refractivity contribution in [3.05, 3.63) is 93.3 Å². The Morgan fingerprint density at radius 3 is 2.62 bits per heavy atom. The third-order valence-electron chi connectivity index (χ3n) is 5.03. The molecule has 1 aromatic heterocycles. The number of pyridine rings is 1. The van der Waals surface area contributed by atoms with Crippen LogP contribution in [0.2, 0.25) is 0 Å². The fraction of sp³-hybridized carbons (Fsp3) is 0.125. The van der Waals surface area contributed by atoms with Crippen molar-refractivity contribution in [2.75, 3.05) is 7.11 Å². The van der Waals surface area contributed by atoms with E-state index in [9.17, 15) is 19.7 Å². The molecule has 0 saturated carbocycles. The Morgan fingerprint density at radius 1 is 1.12 bits per heavy atom. The molecule has 0 bridgehead atoms. The third-order valence-corrected chi connectivity index (χ3v) is 5.03. The number of imide groups is 1. The third kappa shape index (κ3) is 4.85. The summed E-state index contributed by atoms with van der Waals surface area (Å²) in [5, 5.41) is 13.4. The van der Waals surface area contributed by atoms with E-state index in [0.29, 0.717) is 17.1 Å². The van der Waals surface area contributed by atoms with Gasteiger partial charge in [-0.1, -0.05) is 35.9 Å². The van der Waals surface area contributed by atoms with Gasteiger partial charge in [-0.3, -0.25) is 19.8 Å². The molecule has 10 heteroatoms. The van der Waals surface area contributed by atoms with Crippen molar-refractivity contribution in [1.82, 2.24) is 15.2 Å². The van der Waals surface area contributed by atoms with Crippen LogP contribution in [0.1, 0.15) is 16.7 Å².